The molecule has 0 radical (unpaired) electrons. The normalized spacial score (nSPS) is 18.9. The second-order valence-electron chi connectivity index (χ2n) is 2.36. The SMILES string of the molecule is C=CC(C(=O)O)N1CCC1=O. The minimum atomic E-state index is -1.02. The van der Waals surface area contributed by atoms with Gasteiger partial charge in [-0.1, -0.05) is 6.08 Å². The minimum Gasteiger partial charge on any atom is -0.479 e. The number of carbonyl (C=O) groups excluding carboxylic acids is 1. The van der Waals surface area contributed by atoms with Crippen LogP contribution in [0.3, 0.4) is 0 Å². The van der Waals surface area contributed by atoms with Crippen LogP contribution in [0, 0.1) is 0 Å². The first-order valence-electron chi connectivity index (χ1n) is 3.31. The first kappa shape index (κ1) is 7.78. The van der Waals surface area contributed by atoms with Gasteiger partial charge in [0, 0.05) is 13.0 Å². The van der Waals surface area contributed by atoms with E-state index >= 15 is 0 Å². The van der Waals surface area contributed by atoms with Gasteiger partial charge >= 0.3 is 5.97 Å². The topological polar surface area (TPSA) is 57.6 Å². The van der Waals surface area contributed by atoms with Gasteiger partial charge in [-0.3, -0.25) is 4.79 Å². The molecule has 1 N–H and O–H groups in total. The number of carboxylic acids is 1. The molecule has 0 aromatic rings. The van der Waals surface area contributed by atoms with Gasteiger partial charge < -0.3 is 10.0 Å². The van der Waals surface area contributed by atoms with Crippen molar-refractivity contribution >= 4 is 11.9 Å². The van der Waals surface area contributed by atoms with Crippen molar-refractivity contribution in [1.82, 2.24) is 4.90 Å². The zero-order chi connectivity index (χ0) is 8.43. The van der Waals surface area contributed by atoms with Crippen LogP contribution in [0.15, 0.2) is 12.7 Å². The highest BCUT2D eigenvalue weighted by atomic mass is 16.4. The molecule has 1 aliphatic rings. The summed E-state index contributed by atoms with van der Waals surface area (Å²) in [4.78, 5) is 22.5. The number of likely N-dealkylation sites (tertiary alicyclic amines) is 1. The van der Waals surface area contributed by atoms with E-state index in [1.807, 2.05) is 0 Å². The van der Waals surface area contributed by atoms with Crippen molar-refractivity contribution in [1.29, 1.82) is 0 Å². The third-order valence-corrected chi connectivity index (χ3v) is 1.70. The highest BCUT2D eigenvalue weighted by Crippen LogP contribution is 2.13. The summed E-state index contributed by atoms with van der Waals surface area (Å²) in [7, 11) is 0. The molecule has 1 saturated heterocycles. The van der Waals surface area contributed by atoms with Gasteiger partial charge in [-0.25, -0.2) is 4.79 Å². The molecule has 1 amide bonds. The lowest BCUT2D eigenvalue weighted by atomic mass is 10.1. The maximum atomic E-state index is 10.8. The van der Waals surface area contributed by atoms with E-state index in [-0.39, 0.29) is 5.91 Å². The third-order valence-electron chi connectivity index (χ3n) is 1.70. The van der Waals surface area contributed by atoms with Gasteiger partial charge in [0.15, 0.2) is 0 Å². The minimum absolute atomic E-state index is 0.114. The number of carbonyl (C=O) groups is 2. The monoisotopic (exact) mass is 155 g/mol. The molecule has 1 rings (SSSR count). The van der Waals surface area contributed by atoms with Crippen molar-refractivity contribution in [3.63, 3.8) is 0 Å². The van der Waals surface area contributed by atoms with Crippen LogP contribution in [0.5, 0.6) is 0 Å². The molecule has 4 nitrogen and oxygen atoms in total. The van der Waals surface area contributed by atoms with E-state index in [2.05, 4.69) is 6.58 Å². The van der Waals surface area contributed by atoms with E-state index in [9.17, 15) is 9.59 Å². The number of β-lactam (4-membered cyclic amide) rings is 1. The van der Waals surface area contributed by atoms with Crippen molar-refractivity contribution in [3.05, 3.63) is 12.7 Å². The van der Waals surface area contributed by atoms with Crippen LogP contribution < -0.4 is 0 Å². The highest BCUT2D eigenvalue weighted by Gasteiger charge is 2.33. The average Bonchev–Trinajstić information content (AvgIpc) is 1.96. The van der Waals surface area contributed by atoms with Crippen LogP contribution in [0.25, 0.3) is 0 Å². The van der Waals surface area contributed by atoms with Crippen molar-refractivity contribution < 1.29 is 14.7 Å². The maximum Gasteiger partial charge on any atom is 0.330 e. The van der Waals surface area contributed by atoms with Crippen molar-refractivity contribution in [2.75, 3.05) is 6.54 Å². The molecular weight excluding hydrogens is 146 g/mol. The van der Waals surface area contributed by atoms with Crippen LogP contribution in [-0.2, 0) is 9.59 Å². The Morgan fingerprint density at radius 1 is 1.82 bits per heavy atom. The first-order chi connectivity index (χ1) is 5.16. The van der Waals surface area contributed by atoms with E-state index in [1.165, 1.54) is 11.0 Å². The molecule has 0 aromatic heterocycles. The van der Waals surface area contributed by atoms with Gasteiger partial charge in [-0.2, -0.15) is 0 Å². The highest BCUT2D eigenvalue weighted by molar-refractivity contribution is 5.88. The number of amides is 1. The van der Waals surface area contributed by atoms with Gasteiger partial charge in [0.05, 0.1) is 0 Å². The summed E-state index contributed by atoms with van der Waals surface area (Å²) in [6, 6.07) is -0.837. The molecule has 4 heteroatoms. The van der Waals surface area contributed by atoms with E-state index < -0.39 is 12.0 Å². The zero-order valence-corrected chi connectivity index (χ0v) is 5.99. The molecule has 0 aromatic carbocycles. The molecule has 1 fully saturated rings. The van der Waals surface area contributed by atoms with Crippen LogP contribution in [0.2, 0.25) is 0 Å². The average molecular weight is 155 g/mol. The molecule has 1 unspecified atom stereocenters. The van der Waals surface area contributed by atoms with Gasteiger partial charge in [0.1, 0.15) is 6.04 Å². The summed E-state index contributed by atoms with van der Waals surface area (Å²) in [6.45, 7) is 3.87. The second kappa shape index (κ2) is 2.74. The summed E-state index contributed by atoms with van der Waals surface area (Å²) in [5.74, 6) is -1.13. The van der Waals surface area contributed by atoms with Gasteiger partial charge in [-0.05, 0) is 0 Å². The molecule has 1 heterocycles. The lowest BCUT2D eigenvalue weighted by Gasteiger charge is -2.34. The molecule has 0 aliphatic carbocycles. The van der Waals surface area contributed by atoms with E-state index in [1.54, 1.807) is 0 Å². The molecule has 0 saturated carbocycles. The van der Waals surface area contributed by atoms with Crippen molar-refractivity contribution in [2.45, 2.75) is 12.5 Å². The number of nitrogens with zero attached hydrogens (tertiary/aromatic N) is 1. The van der Waals surface area contributed by atoms with Crippen LogP contribution in [-0.4, -0.2) is 34.5 Å². The standard InChI is InChI=1S/C7H9NO3/c1-2-5(7(10)11)8-4-3-6(8)9/h2,5H,1,3-4H2,(H,10,11). The number of hydrogen-bond donors (Lipinski definition) is 1. The predicted octanol–water partition coefficient (Wildman–Crippen LogP) is -0.142. The number of hydrogen-bond acceptors (Lipinski definition) is 2. The van der Waals surface area contributed by atoms with Crippen molar-refractivity contribution in [2.24, 2.45) is 0 Å². The smallest absolute Gasteiger partial charge is 0.330 e. The fourth-order valence-electron chi connectivity index (χ4n) is 0.988. The quantitative estimate of drug-likeness (QED) is 0.455. The van der Waals surface area contributed by atoms with Crippen LogP contribution in [0.1, 0.15) is 6.42 Å². The Morgan fingerprint density at radius 3 is 2.55 bits per heavy atom. The fourth-order valence-corrected chi connectivity index (χ4v) is 0.988. The Morgan fingerprint density at radius 2 is 2.45 bits per heavy atom. The van der Waals surface area contributed by atoms with Gasteiger partial charge in [0.25, 0.3) is 0 Å². The molecule has 1 atom stereocenters. The first-order valence-corrected chi connectivity index (χ1v) is 3.31. The lowest BCUT2D eigenvalue weighted by Crippen LogP contribution is -2.52. The van der Waals surface area contributed by atoms with Crippen LogP contribution in [0.4, 0.5) is 0 Å². The zero-order valence-electron chi connectivity index (χ0n) is 5.99. The molecular formula is C7H9NO3. The molecule has 0 spiro atoms. The summed E-state index contributed by atoms with van der Waals surface area (Å²) in [6.07, 6.45) is 1.72. The van der Waals surface area contributed by atoms with E-state index in [4.69, 9.17) is 5.11 Å². The Bertz CT molecular complexity index is 212. The Balaban J connectivity index is 2.62. The molecule has 1 aliphatic heterocycles. The third kappa shape index (κ3) is 1.24. The molecule has 11 heavy (non-hydrogen) atoms. The van der Waals surface area contributed by atoms with Crippen LogP contribution >= 0.6 is 0 Å². The lowest BCUT2D eigenvalue weighted by molar-refractivity contribution is -0.153. The second-order valence-corrected chi connectivity index (χ2v) is 2.36. The summed E-state index contributed by atoms with van der Waals surface area (Å²) in [5.41, 5.74) is 0. The Hall–Kier alpha value is -1.32. The van der Waals surface area contributed by atoms with E-state index in [0.29, 0.717) is 13.0 Å². The summed E-state index contributed by atoms with van der Waals surface area (Å²) < 4.78 is 0. The summed E-state index contributed by atoms with van der Waals surface area (Å²) in [5, 5.41) is 8.56. The van der Waals surface area contributed by atoms with E-state index in [0.717, 1.165) is 0 Å². The van der Waals surface area contributed by atoms with Gasteiger partial charge in [-0.15, -0.1) is 6.58 Å². The maximum absolute atomic E-state index is 10.8. The molecule has 0 bridgehead atoms. The van der Waals surface area contributed by atoms with Crippen molar-refractivity contribution in [3.8, 4) is 0 Å². The number of rotatable bonds is 3. The number of carboxylic acid groups (broad SMARTS) is 1. The Kier molecular flexibility index (Phi) is 1.94. The molecule has 60 valence electrons. The summed E-state index contributed by atoms with van der Waals surface area (Å²) >= 11 is 0. The fraction of sp³-hybridized carbons (Fsp3) is 0.429. The largest absolute Gasteiger partial charge is 0.479 e. The Labute approximate surface area is 64.1 Å². The predicted molar refractivity (Wildman–Crippen MR) is 38.0 cm³/mol. The van der Waals surface area contributed by atoms with Gasteiger partial charge in [0.2, 0.25) is 5.91 Å². The number of aliphatic carboxylic acids is 1.